The molecule has 188 valence electrons. The van der Waals surface area contributed by atoms with E-state index in [1.165, 1.54) is 0 Å². The Bertz CT molecular complexity index is 705. The Kier molecular flexibility index (Phi) is 11.8. The van der Waals surface area contributed by atoms with E-state index in [9.17, 15) is 29.1 Å². The normalized spacial score (nSPS) is 18.4. The Hall–Kier alpha value is -2.69. The van der Waals surface area contributed by atoms with Gasteiger partial charge in [0.1, 0.15) is 18.1 Å². The highest BCUT2D eigenvalue weighted by Crippen LogP contribution is 2.11. The lowest BCUT2D eigenvalue weighted by Crippen LogP contribution is -2.57. The molecule has 0 aliphatic carbocycles. The van der Waals surface area contributed by atoms with Crippen LogP contribution in [0, 0.1) is 11.8 Å². The molecule has 1 heterocycles. The van der Waals surface area contributed by atoms with Crippen molar-refractivity contribution in [1.29, 1.82) is 0 Å². The monoisotopic (exact) mass is 470 g/mol. The number of carboxylic acid groups (broad SMARTS) is 2. The molecule has 0 radical (unpaired) electrons. The van der Waals surface area contributed by atoms with Crippen LogP contribution >= 0.6 is 0 Å². The van der Waals surface area contributed by atoms with Crippen molar-refractivity contribution in [2.45, 2.75) is 90.4 Å². The highest BCUT2D eigenvalue weighted by atomic mass is 16.4. The summed E-state index contributed by atoms with van der Waals surface area (Å²) >= 11 is 0. The summed E-state index contributed by atoms with van der Waals surface area (Å²) in [6, 6.07) is -3.71. The molecule has 0 spiro atoms. The molecule has 0 bridgehead atoms. The van der Waals surface area contributed by atoms with Crippen LogP contribution < -0.4 is 21.3 Å². The highest BCUT2D eigenvalue weighted by molar-refractivity contribution is 5.94. The minimum atomic E-state index is -1.25. The number of carboxylic acids is 2. The van der Waals surface area contributed by atoms with Crippen molar-refractivity contribution in [2.24, 2.45) is 11.8 Å². The van der Waals surface area contributed by atoms with Crippen molar-refractivity contribution in [2.75, 3.05) is 6.54 Å². The maximum absolute atomic E-state index is 13.0. The van der Waals surface area contributed by atoms with E-state index in [-0.39, 0.29) is 36.6 Å². The molecule has 1 saturated heterocycles. The zero-order chi connectivity index (χ0) is 25.1. The Morgan fingerprint density at radius 1 is 0.848 bits per heavy atom. The predicted molar refractivity (Wildman–Crippen MR) is 120 cm³/mol. The van der Waals surface area contributed by atoms with Crippen LogP contribution in [0.2, 0.25) is 0 Å². The summed E-state index contributed by atoms with van der Waals surface area (Å²) in [7, 11) is 0. The Balaban J connectivity index is 2.94. The summed E-state index contributed by atoms with van der Waals surface area (Å²) in [6.07, 6.45) is 1.42. The van der Waals surface area contributed by atoms with Gasteiger partial charge in [0.2, 0.25) is 17.7 Å². The first-order chi connectivity index (χ1) is 15.4. The lowest BCUT2D eigenvalue weighted by atomic mass is 10.0. The molecule has 4 unspecified atom stereocenters. The maximum Gasteiger partial charge on any atom is 0.326 e. The van der Waals surface area contributed by atoms with E-state index in [0.29, 0.717) is 12.8 Å². The van der Waals surface area contributed by atoms with Gasteiger partial charge in [-0.1, -0.05) is 27.7 Å². The molecule has 1 aliphatic heterocycles. The second-order valence-corrected chi connectivity index (χ2v) is 9.36. The summed E-state index contributed by atoms with van der Waals surface area (Å²) in [4.78, 5) is 60.9. The van der Waals surface area contributed by atoms with E-state index in [1.54, 1.807) is 0 Å². The van der Waals surface area contributed by atoms with Crippen LogP contribution in [0.25, 0.3) is 0 Å². The molecule has 3 amide bonds. The van der Waals surface area contributed by atoms with Gasteiger partial charge in [0.25, 0.3) is 0 Å². The standard InChI is InChI=1S/C22H38N4O7/c1-12(2)10-16(25-19(29)14-6-5-9-23-14)21(31)24-15(7-8-18(27)28)20(30)26-17(22(32)33)11-13(3)4/h12-17,23H,5-11H2,1-4H3,(H,24,31)(H,25,29)(H,26,30)(H,27,28)(H,32,33). The molecule has 1 fully saturated rings. The fraction of sp³-hybridized carbons (Fsp3) is 0.773. The van der Waals surface area contributed by atoms with Gasteiger partial charge in [-0.2, -0.15) is 0 Å². The van der Waals surface area contributed by atoms with Gasteiger partial charge in [0.15, 0.2) is 0 Å². The zero-order valence-corrected chi connectivity index (χ0v) is 19.8. The molecule has 1 aliphatic rings. The van der Waals surface area contributed by atoms with Gasteiger partial charge in [-0.25, -0.2) is 4.79 Å². The van der Waals surface area contributed by atoms with Crippen LogP contribution in [0.15, 0.2) is 0 Å². The number of hydrogen-bond donors (Lipinski definition) is 6. The van der Waals surface area contributed by atoms with E-state index < -0.39 is 48.3 Å². The van der Waals surface area contributed by atoms with Crippen molar-refractivity contribution in [1.82, 2.24) is 21.3 Å². The molecular weight excluding hydrogens is 432 g/mol. The van der Waals surface area contributed by atoms with Crippen LogP contribution in [-0.4, -0.2) is 70.6 Å². The molecule has 0 aromatic rings. The average Bonchev–Trinajstić information content (AvgIpc) is 3.23. The molecule has 0 saturated carbocycles. The topological polar surface area (TPSA) is 174 Å². The molecule has 11 heteroatoms. The fourth-order valence-electron chi connectivity index (χ4n) is 3.66. The molecule has 11 nitrogen and oxygen atoms in total. The lowest BCUT2D eigenvalue weighted by molar-refractivity contribution is -0.143. The van der Waals surface area contributed by atoms with Crippen LogP contribution in [0.5, 0.6) is 0 Å². The van der Waals surface area contributed by atoms with Gasteiger partial charge in [-0.05, 0) is 50.5 Å². The second kappa shape index (κ2) is 13.8. The number of nitrogens with one attached hydrogen (secondary N) is 4. The molecule has 0 aromatic heterocycles. The van der Waals surface area contributed by atoms with Crippen molar-refractivity contribution in [3.63, 3.8) is 0 Å². The average molecular weight is 471 g/mol. The summed E-state index contributed by atoms with van der Waals surface area (Å²) in [5.74, 6) is -4.00. The molecule has 4 atom stereocenters. The van der Waals surface area contributed by atoms with Gasteiger partial charge in [0, 0.05) is 6.42 Å². The third kappa shape index (κ3) is 10.6. The highest BCUT2D eigenvalue weighted by Gasteiger charge is 2.32. The molecule has 0 aromatic carbocycles. The summed E-state index contributed by atoms with van der Waals surface area (Å²) in [5, 5.41) is 29.1. The summed E-state index contributed by atoms with van der Waals surface area (Å²) < 4.78 is 0. The van der Waals surface area contributed by atoms with E-state index in [2.05, 4.69) is 21.3 Å². The first-order valence-electron chi connectivity index (χ1n) is 11.5. The van der Waals surface area contributed by atoms with Crippen molar-refractivity contribution in [3.8, 4) is 0 Å². The van der Waals surface area contributed by atoms with Gasteiger partial charge in [-0.3, -0.25) is 19.2 Å². The van der Waals surface area contributed by atoms with Crippen LogP contribution in [0.1, 0.15) is 66.2 Å². The van der Waals surface area contributed by atoms with Crippen LogP contribution in [0.4, 0.5) is 0 Å². The first-order valence-corrected chi connectivity index (χ1v) is 11.5. The van der Waals surface area contributed by atoms with E-state index in [4.69, 9.17) is 5.11 Å². The molecule has 1 rings (SSSR count). The first kappa shape index (κ1) is 28.3. The molecule has 6 N–H and O–H groups in total. The minimum Gasteiger partial charge on any atom is -0.481 e. The van der Waals surface area contributed by atoms with E-state index >= 15 is 0 Å². The number of rotatable bonds is 14. The third-order valence-corrected chi connectivity index (χ3v) is 5.32. The van der Waals surface area contributed by atoms with Crippen LogP contribution in [-0.2, 0) is 24.0 Å². The maximum atomic E-state index is 13.0. The number of hydrogen-bond acceptors (Lipinski definition) is 6. The quantitative estimate of drug-likeness (QED) is 0.209. The second-order valence-electron chi connectivity index (χ2n) is 9.36. The minimum absolute atomic E-state index is 0.00621. The van der Waals surface area contributed by atoms with Gasteiger partial charge in [-0.15, -0.1) is 0 Å². The zero-order valence-electron chi connectivity index (χ0n) is 19.8. The Morgan fingerprint density at radius 3 is 1.88 bits per heavy atom. The number of amides is 3. The SMILES string of the molecule is CC(C)CC(NC(=O)C(CCC(=O)O)NC(=O)C(CC(C)C)NC(=O)C1CCCN1)C(=O)O. The number of carbonyl (C=O) groups is 5. The van der Waals surface area contributed by atoms with Crippen molar-refractivity contribution >= 4 is 29.7 Å². The van der Waals surface area contributed by atoms with Gasteiger partial charge < -0.3 is 31.5 Å². The van der Waals surface area contributed by atoms with E-state index in [0.717, 1.165) is 13.0 Å². The molecule has 33 heavy (non-hydrogen) atoms. The van der Waals surface area contributed by atoms with E-state index in [1.807, 2.05) is 27.7 Å². The van der Waals surface area contributed by atoms with Crippen molar-refractivity contribution < 1.29 is 34.2 Å². The van der Waals surface area contributed by atoms with Gasteiger partial charge >= 0.3 is 11.9 Å². The summed E-state index contributed by atoms with van der Waals surface area (Å²) in [6.45, 7) is 8.11. The molecular formula is C22H38N4O7. The Labute approximate surface area is 194 Å². The van der Waals surface area contributed by atoms with Crippen molar-refractivity contribution in [3.05, 3.63) is 0 Å². The van der Waals surface area contributed by atoms with Crippen LogP contribution in [0.3, 0.4) is 0 Å². The largest absolute Gasteiger partial charge is 0.481 e. The number of carbonyl (C=O) groups excluding carboxylic acids is 3. The number of aliphatic carboxylic acids is 2. The Morgan fingerprint density at radius 2 is 1.39 bits per heavy atom. The lowest BCUT2D eigenvalue weighted by Gasteiger charge is -2.26. The van der Waals surface area contributed by atoms with Gasteiger partial charge in [0.05, 0.1) is 6.04 Å². The summed E-state index contributed by atoms with van der Waals surface area (Å²) in [5.41, 5.74) is 0. The third-order valence-electron chi connectivity index (χ3n) is 5.32. The smallest absolute Gasteiger partial charge is 0.326 e. The fourth-order valence-corrected chi connectivity index (χ4v) is 3.66. The predicted octanol–water partition coefficient (Wildman–Crippen LogP) is 0.234.